The van der Waals surface area contributed by atoms with E-state index in [1.165, 1.54) is 15.7 Å². The third-order valence-corrected chi connectivity index (χ3v) is 6.19. The molecule has 3 rings (SSSR count). The number of aliphatic hydroxyl groups is 1. The lowest BCUT2D eigenvalue weighted by Gasteiger charge is -2.16. The first kappa shape index (κ1) is 20.2. The maximum Gasteiger partial charge on any atom is 0.330 e. The number of benzene rings is 1. The van der Waals surface area contributed by atoms with Crippen molar-refractivity contribution < 1.29 is 14.6 Å². The molecule has 2 heterocycles. The summed E-state index contributed by atoms with van der Waals surface area (Å²) in [5.74, 6) is 0.437. The fourth-order valence-corrected chi connectivity index (χ4v) is 4.45. The Kier molecular flexibility index (Phi) is 6.83. The molecule has 0 saturated carbocycles. The number of hydrogen-bond acceptors (Lipinski definition) is 7. The van der Waals surface area contributed by atoms with Crippen molar-refractivity contribution in [2.75, 3.05) is 18.8 Å². The number of aromatic amines is 1. The monoisotopic (exact) mass is 410 g/mol. The Morgan fingerprint density at radius 3 is 2.81 bits per heavy atom. The van der Waals surface area contributed by atoms with Gasteiger partial charge in [-0.2, -0.15) is 0 Å². The molecule has 146 valence electrons. The van der Waals surface area contributed by atoms with Gasteiger partial charge in [-0.1, -0.05) is 23.9 Å². The highest BCUT2D eigenvalue weighted by Gasteiger charge is 2.35. The number of nitrogens with one attached hydrogen (secondary N) is 1. The largest absolute Gasteiger partial charge is 0.390 e. The maximum atomic E-state index is 12.0. The van der Waals surface area contributed by atoms with Crippen molar-refractivity contribution in [1.29, 1.82) is 0 Å². The van der Waals surface area contributed by atoms with Crippen LogP contribution in [0.4, 0.5) is 0 Å². The first-order chi connectivity index (χ1) is 13.0. The summed E-state index contributed by atoms with van der Waals surface area (Å²) in [5, 5.41) is 10.2. The van der Waals surface area contributed by atoms with E-state index in [0.717, 1.165) is 4.90 Å². The van der Waals surface area contributed by atoms with Crippen molar-refractivity contribution in [3.63, 3.8) is 0 Å². The molecule has 3 atom stereocenters. The number of aliphatic hydroxyl groups excluding tert-OH is 1. The third kappa shape index (κ3) is 4.85. The smallest absolute Gasteiger partial charge is 0.330 e. The second kappa shape index (κ2) is 9.11. The highest BCUT2D eigenvalue weighted by atomic mass is 32.2. The fraction of sp³-hybridized carbons (Fsp3) is 0.444. The Labute approximate surface area is 165 Å². The molecular formula is C18H22N2O5S2. The minimum Gasteiger partial charge on any atom is -0.390 e. The molecule has 1 aromatic carbocycles. The second-order valence-electron chi connectivity index (χ2n) is 6.19. The molecule has 0 spiro atoms. The topological polar surface area (TPSA) is 93.5 Å². The number of aryl methyl sites for hydroxylation is 1. The van der Waals surface area contributed by atoms with Crippen molar-refractivity contribution >= 4 is 23.5 Å². The van der Waals surface area contributed by atoms with Crippen LogP contribution in [-0.2, 0) is 9.47 Å². The summed E-state index contributed by atoms with van der Waals surface area (Å²) in [6.45, 7) is 1.84. The Balaban J connectivity index is 1.54. The molecule has 1 aromatic heterocycles. The van der Waals surface area contributed by atoms with Crippen LogP contribution in [0.3, 0.4) is 0 Å². The van der Waals surface area contributed by atoms with Gasteiger partial charge in [0.05, 0.1) is 18.6 Å². The Morgan fingerprint density at radius 1 is 1.33 bits per heavy atom. The molecule has 9 heteroatoms. The van der Waals surface area contributed by atoms with Gasteiger partial charge in [-0.3, -0.25) is 14.3 Å². The number of hydrogen-bond donors (Lipinski definition) is 2. The van der Waals surface area contributed by atoms with Crippen molar-refractivity contribution in [2.45, 2.75) is 41.6 Å². The Morgan fingerprint density at radius 2 is 2.07 bits per heavy atom. The van der Waals surface area contributed by atoms with E-state index in [4.69, 9.17) is 9.47 Å². The van der Waals surface area contributed by atoms with Crippen LogP contribution in [0.5, 0.6) is 0 Å². The predicted molar refractivity (Wildman–Crippen MR) is 105 cm³/mol. The Hall–Kier alpha value is -1.52. The molecule has 1 aliphatic heterocycles. The van der Waals surface area contributed by atoms with Gasteiger partial charge in [0.25, 0.3) is 5.56 Å². The lowest BCUT2D eigenvalue weighted by Crippen LogP contribution is -2.33. The molecule has 0 radical (unpaired) electrons. The van der Waals surface area contributed by atoms with Crippen LogP contribution in [-0.4, -0.2) is 45.7 Å². The van der Waals surface area contributed by atoms with Gasteiger partial charge in [-0.25, -0.2) is 4.79 Å². The number of ether oxygens (including phenoxy) is 2. The summed E-state index contributed by atoms with van der Waals surface area (Å²) in [5.41, 5.74) is -0.554. The van der Waals surface area contributed by atoms with Crippen LogP contribution in [0.15, 0.2) is 49.8 Å². The number of nitrogens with zero attached hydrogens (tertiary/aromatic N) is 1. The van der Waals surface area contributed by atoms with Crippen LogP contribution >= 0.6 is 23.5 Å². The zero-order chi connectivity index (χ0) is 19.4. The van der Waals surface area contributed by atoms with E-state index in [1.54, 1.807) is 30.4 Å². The van der Waals surface area contributed by atoms with Gasteiger partial charge in [-0.15, -0.1) is 11.8 Å². The summed E-state index contributed by atoms with van der Waals surface area (Å²) in [6.07, 6.45) is 1.87. The lowest BCUT2D eigenvalue weighted by atomic mass is 10.2. The van der Waals surface area contributed by atoms with Crippen molar-refractivity contribution in [2.24, 2.45) is 0 Å². The molecule has 7 nitrogen and oxygen atoms in total. The van der Waals surface area contributed by atoms with Gasteiger partial charge in [0.2, 0.25) is 0 Å². The normalized spacial score (nSPS) is 22.3. The quantitative estimate of drug-likeness (QED) is 0.410. The molecule has 0 aliphatic carbocycles. The van der Waals surface area contributed by atoms with Gasteiger partial charge >= 0.3 is 5.69 Å². The fourth-order valence-electron chi connectivity index (χ4n) is 2.84. The average molecular weight is 411 g/mol. The van der Waals surface area contributed by atoms with E-state index < -0.39 is 29.7 Å². The van der Waals surface area contributed by atoms with Crippen LogP contribution in [0, 0.1) is 6.92 Å². The summed E-state index contributed by atoms with van der Waals surface area (Å²) < 4.78 is 12.8. The van der Waals surface area contributed by atoms with E-state index in [-0.39, 0.29) is 13.0 Å². The molecule has 0 bridgehead atoms. The van der Waals surface area contributed by atoms with E-state index >= 15 is 0 Å². The predicted octanol–water partition coefficient (Wildman–Crippen LogP) is 1.98. The molecule has 1 fully saturated rings. The van der Waals surface area contributed by atoms with E-state index in [9.17, 15) is 14.7 Å². The van der Waals surface area contributed by atoms with E-state index in [1.807, 2.05) is 24.5 Å². The molecule has 1 aliphatic rings. The summed E-state index contributed by atoms with van der Waals surface area (Å²) in [7, 11) is 0. The summed E-state index contributed by atoms with van der Waals surface area (Å²) in [4.78, 5) is 28.1. The van der Waals surface area contributed by atoms with Crippen LogP contribution < -0.4 is 11.2 Å². The molecule has 2 N–H and O–H groups in total. The van der Waals surface area contributed by atoms with Gasteiger partial charge < -0.3 is 14.6 Å². The van der Waals surface area contributed by atoms with Gasteiger partial charge in [0.1, 0.15) is 12.3 Å². The summed E-state index contributed by atoms with van der Waals surface area (Å²) in [6, 6.07) is 8.09. The number of thioether (sulfide) groups is 2. The molecule has 1 saturated heterocycles. The van der Waals surface area contributed by atoms with Crippen LogP contribution in [0.25, 0.3) is 0 Å². The van der Waals surface area contributed by atoms with Crippen LogP contribution in [0.1, 0.15) is 18.2 Å². The molecule has 0 unspecified atom stereocenters. The van der Waals surface area contributed by atoms with Crippen molar-refractivity contribution in [3.05, 3.63) is 56.9 Å². The number of H-pyrrole nitrogens is 1. The Bertz CT molecular complexity index is 898. The third-order valence-electron chi connectivity index (χ3n) is 4.31. The highest BCUT2D eigenvalue weighted by molar-refractivity contribution is 8.01. The molecule has 2 aromatic rings. The zero-order valence-electron chi connectivity index (χ0n) is 15.1. The number of aromatic nitrogens is 2. The lowest BCUT2D eigenvalue weighted by molar-refractivity contribution is -0.0568. The zero-order valence-corrected chi connectivity index (χ0v) is 16.7. The molecule has 27 heavy (non-hydrogen) atoms. The van der Waals surface area contributed by atoms with E-state index in [2.05, 4.69) is 11.1 Å². The van der Waals surface area contributed by atoms with Gasteiger partial charge in [0.15, 0.2) is 0 Å². The van der Waals surface area contributed by atoms with Crippen LogP contribution in [0.2, 0.25) is 0 Å². The van der Waals surface area contributed by atoms with Gasteiger partial charge in [-0.05, 0) is 25.3 Å². The van der Waals surface area contributed by atoms with E-state index in [0.29, 0.717) is 11.5 Å². The van der Waals surface area contributed by atoms with Gasteiger partial charge in [0, 0.05) is 28.0 Å². The first-order valence-electron chi connectivity index (χ1n) is 8.48. The first-order valence-corrected chi connectivity index (χ1v) is 10.7. The highest BCUT2D eigenvalue weighted by Crippen LogP contribution is 2.30. The number of rotatable bonds is 7. The second-order valence-corrected chi connectivity index (χ2v) is 8.01. The van der Waals surface area contributed by atoms with Crippen molar-refractivity contribution in [1.82, 2.24) is 9.55 Å². The molecular weight excluding hydrogens is 388 g/mol. The maximum absolute atomic E-state index is 12.0. The SMILES string of the molecule is CSc1ccccc1SCOC[C@H]1O[C@@H](n2cc(C)c(=O)[nH]c2=O)C[C@@H]1O. The minimum absolute atomic E-state index is 0.225. The minimum atomic E-state index is -0.738. The molecule has 0 amide bonds. The van der Waals surface area contributed by atoms with Crippen molar-refractivity contribution in [3.8, 4) is 0 Å². The standard InChI is InChI=1S/C18H22N2O5S2/c1-11-8-20(18(23)19-17(11)22)16-7-12(21)13(25-16)9-24-10-27-15-6-4-3-5-14(15)26-2/h3-6,8,12-13,16,21H,7,9-10H2,1-2H3,(H,19,22,23)/t12-,13+,16+/m0/s1. The average Bonchev–Trinajstić information content (AvgIpc) is 3.02. The summed E-state index contributed by atoms with van der Waals surface area (Å²) >= 11 is 3.27.